The first-order valence-electron chi connectivity index (χ1n) is 5.17. The standard InChI is InChI=1S/C10H14N6S/c1-6-5-13-10(16-11)15-8(6)14-7(2)9-12-3-4-17-9/h3-5,7H,11H2,1-2H3,(H2,13,14,15,16). The fourth-order valence-corrected chi connectivity index (χ4v) is 2.02. The van der Waals surface area contributed by atoms with Crippen LogP contribution < -0.4 is 16.6 Å². The molecule has 4 N–H and O–H groups in total. The number of nitrogen functional groups attached to an aromatic ring is 1. The molecule has 0 fully saturated rings. The minimum Gasteiger partial charge on any atom is -0.361 e. The van der Waals surface area contributed by atoms with Crippen LogP contribution in [0.2, 0.25) is 0 Å². The molecule has 0 saturated heterocycles. The first-order chi connectivity index (χ1) is 8.20. The summed E-state index contributed by atoms with van der Waals surface area (Å²) >= 11 is 1.61. The number of aromatic nitrogens is 3. The lowest BCUT2D eigenvalue weighted by Gasteiger charge is -2.14. The Morgan fingerprint density at radius 1 is 1.41 bits per heavy atom. The largest absolute Gasteiger partial charge is 0.361 e. The number of thiazole rings is 1. The van der Waals surface area contributed by atoms with E-state index in [9.17, 15) is 0 Å². The first kappa shape index (κ1) is 11.7. The van der Waals surface area contributed by atoms with Gasteiger partial charge in [0.15, 0.2) is 0 Å². The van der Waals surface area contributed by atoms with Crippen LogP contribution in [0.15, 0.2) is 17.8 Å². The number of hydrogen-bond donors (Lipinski definition) is 3. The normalized spacial score (nSPS) is 12.2. The Morgan fingerprint density at radius 3 is 2.88 bits per heavy atom. The zero-order chi connectivity index (χ0) is 12.3. The lowest BCUT2D eigenvalue weighted by molar-refractivity contribution is 0.855. The van der Waals surface area contributed by atoms with Crippen molar-refractivity contribution in [2.24, 2.45) is 5.84 Å². The zero-order valence-corrected chi connectivity index (χ0v) is 10.5. The second-order valence-corrected chi connectivity index (χ2v) is 4.53. The third-order valence-electron chi connectivity index (χ3n) is 2.28. The van der Waals surface area contributed by atoms with E-state index in [1.807, 2.05) is 19.2 Å². The molecule has 0 amide bonds. The van der Waals surface area contributed by atoms with Gasteiger partial charge in [-0.25, -0.2) is 15.8 Å². The van der Waals surface area contributed by atoms with Crippen LogP contribution in [-0.4, -0.2) is 15.0 Å². The summed E-state index contributed by atoms with van der Waals surface area (Å²) in [6.45, 7) is 3.98. The van der Waals surface area contributed by atoms with Crippen molar-refractivity contribution in [3.05, 3.63) is 28.3 Å². The Kier molecular flexibility index (Phi) is 3.50. The van der Waals surface area contributed by atoms with Crippen molar-refractivity contribution in [2.45, 2.75) is 19.9 Å². The zero-order valence-electron chi connectivity index (χ0n) is 9.64. The molecule has 17 heavy (non-hydrogen) atoms. The van der Waals surface area contributed by atoms with Crippen LogP contribution in [0.4, 0.5) is 11.8 Å². The molecule has 0 aliphatic rings. The maximum Gasteiger partial charge on any atom is 0.239 e. The van der Waals surface area contributed by atoms with Crippen LogP contribution in [0.3, 0.4) is 0 Å². The number of hydrazine groups is 1. The lowest BCUT2D eigenvalue weighted by atomic mass is 10.3. The van der Waals surface area contributed by atoms with Gasteiger partial charge in [-0.05, 0) is 13.8 Å². The molecular weight excluding hydrogens is 236 g/mol. The fourth-order valence-electron chi connectivity index (χ4n) is 1.37. The molecule has 0 spiro atoms. The van der Waals surface area contributed by atoms with Crippen LogP contribution in [-0.2, 0) is 0 Å². The molecule has 2 aromatic rings. The number of nitrogens with one attached hydrogen (secondary N) is 2. The third kappa shape index (κ3) is 2.69. The van der Waals surface area contributed by atoms with Crippen LogP contribution in [0, 0.1) is 6.92 Å². The van der Waals surface area contributed by atoms with Gasteiger partial charge in [0.1, 0.15) is 10.8 Å². The average molecular weight is 250 g/mol. The fraction of sp³-hybridized carbons (Fsp3) is 0.300. The molecule has 0 bridgehead atoms. The van der Waals surface area contributed by atoms with E-state index in [-0.39, 0.29) is 6.04 Å². The number of anilines is 2. The highest BCUT2D eigenvalue weighted by molar-refractivity contribution is 7.09. The number of nitrogens with zero attached hydrogens (tertiary/aromatic N) is 3. The summed E-state index contributed by atoms with van der Waals surface area (Å²) in [5, 5.41) is 6.26. The van der Waals surface area contributed by atoms with E-state index in [1.165, 1.54) is 0 Å². The summed E-state index contributed by atoms with van der Waals surface area (Å²) in [6.07, 6.45) is 3.51. The highest BCUT2D eigenvalue weighted by atomic mass is 32.1. The third-order valence-corrected chi connectivity index (χ3v) is 3.23. The SMILES string of the molecule is Cc1cnc(NN)nc1NC(C)c1nccs1. The monoisotopic (exact) mass is 250 g/mol. The van der Waals surface area contributed by atoms with Crippen LogP contribution in [0.1, 0.15) is 23.5 Å². The molecule has 6 nitrogen and oxygen atoms in total. The van der Waals surface area contributed by atoms with Crippen molar-refractivity contribution in [1.82, 2.24) is 15.0 Å². The molecule has 0 radical (unpaired) electrons. The highest BCUT2D eigenvalue weighted by Gasteiger charge is 2.10. The lowest BCUT2D eigenvalue weighted by Crippen LogP contribution is -2.14. The van der Waals surface area contributed by atoms with Gasteiger partial charge in [0.25, 0.3) is 0 Å². The van der Waals surface area contributed by atoms with Gasteiger partial charge in [-0.15, -0.1) is 11.3 Å². The van der Waals surface area contributed by atoms with Crippen molar-refractivity contribution >= 4 is 23.1 Å². The molecule has 0 saturated carbocycles. The maximum atomic E-state index is 5.28. The summed E-state index contributed by atoms with van der Waals surface area (Å²) in [5.74, 6) is 6.43. The second kappa shape index (κ2) is 5.07. The van der Waals surface area contributed by atoms with Gasteiger partial charge in [0, 0.05) is 23.3 Å². The molecular formula is C10H14N6S. The summed E-state index contributed by atoms with van der Waals surface area (Å²) < 4.78 is 0. The van der Waals surface area contributed by atoms with Gasteiger partial charge in [0.05, 0.1) is 6.04 Å². The number of rotatable bonds is 4. The predicted molar refractivity (Wildman–Crippen MR) is 68.7 cm³/mol. The first-order valence-corrected chi connectivity index (χ1v) is 6.05. The van der Waals surface area contributed by atoms with Crippen molar-refractivity contribution < 1.29 is 0 Å². The number of nitrogens with two attached hydrogens (primary N) is 1. The van der Waals surface area contributed by atoms with Crippen LogP contribution in [0.25, 0.3) is 0 Å². The molecule has 1 unspecified atom stereocenters. The minimum absolute atomic E-state index is 0.106. The van der Waals surface area contributed by atoms with Crippen LogP contribution >= 0.6 is 11.3 Å². The van der Waals surface area contributed by atoms with Crippen molar-refractivity contribution in [2.75, 3.05) is 10.7 Å². The van der Waals surface area contributed by atoms with Crippen molar-refractivity contribution in [3.63, 3.8) is 0 Å². The molecule has 2 heterocycles. The molecule has 7 heteroatoms. The minimum atomic E-state index is 0.106. The topological polar surface area (TPSA) is 88.8 Å². The Labute approximate surface area is 103 Å². The van der Waals surface area contributed by atoms with E-state index < -0.39 is 0 Å². The average Bonchev–Trinajstić information content (AvgIpc) is 2.85. The Hall–Kier alpha value is -1.73. The Balaban J connectivity index is 2.18. The van der Waals surface area contributed by atoms with E-state index in [0.717, 1.165) is 16.4 Å². The summed E-state index contributed by atoms with van der Waals surface area (Å²) in [5.41, 5.74) is 3.39. The quantitative estimate of drug-likeness (QED) is 0.565. The van der Waals surface area contributed by atoms with E-state index in [4.69, 9.17) is 5.84 Å². The highest BCUT2D eigenvalue weighted by Crippen LogP contribution is 2.21. The second-order valence-electron chi connectivity index (χ2n) is 3.61. The van der Waals surface area contributed by atoms with Gasteiger partial charge >= 0.3 is 0 Å². The van der Waals surface area contributed by atoms with Gasteiger partial charge < -0.3 is 5.32 Å². The van der Waals surface area contributed by atoms with E-state index >= 15 is 0 Å². The van der Waals surface area contributed by atoms with Gasteiger partial charge in [-0.3, -0.25) is 5.43 Å². The maximum absolute atomic E-state index is 5.28. The number of hydrogen-bond acceptors (Lipinski definition) is 7. The van der Waals surface area contributed by atoms with Crippen molar-refractivity contribution in [3.8, 4) is 0 Å². The summed E-state index contributed by atoms with van der Waals surface area (Å²) in [6, 6.07) is 0.106. The van der Waals surface area contributed by atoms with Gasteiger partial charge in [-0.1, -0.05) is 0 Å². The summed E-state index contributed by atoms with van der Waals surface area (Å²) in [4.78, 5) is 12.5. The number of aryl methyl sites for hydroxylation is 1. The molecule has 2 aromatic heterocycles. The molecule has 0 aliphatic heterocycles. The van der Waals surface area contributed by atoms with Crippen LogP contribution in [0.5, 0.6) is 0 Å². The van der Waals surface area contributed by atoms with E-state index in [2.05, 4.69) is 25.7 Å². The molecule has 0 aliphatic carbocycles. The van der Waals surface area contributed by atoms with Crippen molar-refractivity contribution in [1.29, 1.82) is 0 Å². The van der Waals surface area contributed by atoms with Gasteiger partial charge in [-0.2, -0.15) is 4.98 Å². The molecule has 1 atom stereocenters. The Bertz CT molecular complexity index is 484. The van der Waals surface area contributed by atoms with Gasteiger partial charge in [0.2, 0.25) is 5.95 Å². The smallest absolute Gasteiger partial charge is 0.239 e. The van der Waals surface area contributed by atoms with E-state index in [1.54, 1.807) is 23.7 Å². The molecule has 2 rings (SSSR count). The van der Waals surface area contributed by atoms with E-state index in [0.29, 0.717) is 5.95 Å². The Morgan fingerprint density at radius 2 is 2.24 bits per heavy atom. The summed E-state index contributed by atoms with van der Waals surface area (Å²) in [7, 11) is 0. The predicted octanol–water partition coefficient (Wildman–Crippen LogP) is 1.70. The molecule has 90 valence electrons. The molecule has 0 aromatic carbocycles.